The van der Waals surface area contributed by atoms with E-state index in [-0.39, 0.29) is 11.7 Å². The predicted octanol–water partition coefficient (Wildman–Crippen LogP) is 4.45. The van der Waals surface area contributed by atoms with Gasteiger partial charge in [-0.15, -0.1) is 0 Å². The molecule has 1 aromatic heterocycles. The van der Waals surface area contributed by atoms with E-state index in [1.54, 1.807) is 12.1 Å². The summed E-state index contributed by atoms with van der Waals surface area (Å²) in [6, 6.07) is 14.9. The Kier molecular flexibility index (Phi) is 5.16. The van der Waals surface area contributed by atoms with Crippen molar-refractivity contribution in [3.8, 4) is 11.3 Å². The van der Waals surface area contributed by atoms with Crippen LogP contribution in [0.25, 0.3) is 11.3 Å². The molecule has 1 saturated heterocycles. The zero-order valence-electron chi connectivity index (χ0n) is 16.6. The van der Waals surface area contributed by atoms with Gasteiger partial charge in [-0.3, -0.25) is 9.59 Å². The van der Waals surface area contributed by atoms with E-state index in [9.17, 15) is 9.59 Å². The van der Waals surface area contributed by atoms with Crippen molar-refractivity contribution < 1.29 is 14.1 Å². The predicted molar refractivity (Wildman–Crippen MR) is 111 cm³/mol. The summed E-state index contributed by atoms with van der Waals surface area (Å²) in [5.74, 6) is -0.382. The van der Waals surface area contributed by atoms with Crippen LogP contribution < -0.4 is 5.32 Å². The van der Waals surface area contributed by atoms with Crippen LogP contribution >= 0.6 is 0 Å². The van der Waals surface area contributed by atoms with Gasteiger partial charge in [0.15, 0.2) is 0 Å². The summed E-state index contributed by atoms with van der Waals surface area (Å²) in [6.45, 7) is 5.39. The van der Waals surface area contributed by atoms with E-state index in [1.165, 1.54) is 0 Å². The quantitative estimate of drug-likeness (QED) is 0.715. The van der Waals surface area contributed by atoms with E-state index in [2.05, 4.69) is 10.5 Å². The number of nitrogens with zero attached hydrogens (tertiary/aromatic N) is 2. The van der Waals surface area contributed by atoms with Gasteiger partial charge in [0.2, 0.25) is 5.76 Å². The first-order valence-corrected chi connectivity index (χ1v) is 9.77. The van der Waals surface area contributed by atoms with Crippen LogP contribution in [0, 0.1) is 13.8 Å². The minimum atomic E-state index is -0.433. The Labute approximate surface area is 169 Å². The Morgan fingerprint density at radius 3 is 2.48 bits per heavy atom. The number of carbonyl (C=O) groups excluding carboxylic acids is 2. The van der Waals surface area contributed by atoms with Crippen molar-refractivity contribution in [1.82, 2.24) is 10.1 Å². The van der Waals surface area contributed by atoms with E-state index < -0.39 is 5.91 Å². The average molecular weight is 389 g/mol. The monoisotopic (exact) mass is 389 g/mol. The molecule has 148 valence electrons. The number of aryl methyl sites for hydroxylation is 2. The van der Waals surface area contributed by atoms with Gasteiger partial charge in [-0.2, -0.15) is 0 Å². The van der Waals surface area contributed by atoms with Gasteiger partial charge in [0.1, 0.15) is 5.69 Å². The fourth-order valence-electron chi connectivity index (χ4n) is 3.56. The van der Waals surface area contributed by atoms with E-state index >= 15 is 0 Å². The molecule has 0 aliphatic carbocycles. The first-order chi connectivity index (χ1) is 14.0. The smallest absolute Gasteiger partial charge is 0.294 e. The molecule has 1 N–H and O–H groups in total. The van der Waals surface area contributed by atoms with Crippen molar-refractivity contribution in [2.24, 2.45) is 0 Å². The molecule has 3 aromatic rings. The molecule has 2 amide bonds. The lowest BCUT2D eigenvalue weighted by molar-refractivity contribution is 0.0793. The lowest BCUT2D eigenvalue weighted by Gasteiger charge is -2.19. The summed E-state index contributed by atoms with van der Waals surface area (Å²) in [4.78, 5) is 27.5. The van der Waals surface area contributed by atoms with E-state index in [4.69, 9.17) is 4.52 Å². The maximum absolute atomic E-state index is 13.0. The molecule has 29 heavy (non-hydrogen) atoms. The molecule has 0 radical (unpaired) electrons. The van der Waals surface area contributed by atoms with Crippen LogP contribution in [0.15, 0.2) is 53.1 Å². The number of hydrogen-bond donors (Lipinski definition) is 1. The maximum Gasteiger partial charge on any atom is 0.294 e. The first-order valence-electron chi connectivity index (χ1n) is 9.77. The van der Waals surface area contributed by atoms with Crippen molar-refractivity contribution >= 4 is 17.5 Å². The SMILES string of the molecule is Cc1ccc(-c2cc(C(=O)Nc3cccc(C)c3C(=O)N3CCCC3)on2)cc1. The highest BCUT2D eigenvalue weighted by atomic mass is 16.5. The maximum atomic E-state index is 13.0. The van der Waals surface area contributed by atoms with E-state index in [0.29, 0.717) is 16.9 Å². The summed E-state index contributed by atoms with van der Waals surface area (Å²) in [6.07, 6.45) is 2.03. The number of amides is 2. The molecule has 4 rings (SSSR count). The average Bonchev–Trinajstić information content (AvgIpc) is 3.41. The van der Waals surface area contributed by atoms with Gasteiger partial charge in [0.25, 0.3) is 11.8 Å². The summed E-state index contributed by atoms with van der Waals surface area (Å²) in [7, 11) is 0. The second-order valence-corrected chi connectivity index (χ2v) is 7.39. The summed E-state index contributed by atoms with van der Waals surface area (Å²) in [5, 5.41) is 6.83. The Morgan fingerprint density at radius 2 is 1.76 bits per heavy atom. The third-order valence-corrected chi connectivity index (χ3v) is 5.21. The number of aromatic nitrogens is 1. The number of nitrogens with one attached hydrogen (secondary N) is 1. The first kappa shape index (κ1) is 18.9. The Balaban J connectivity index is 1.57. The number of benzene rings is 2. The minimum Gasteiger partial charge on any atom is -0.350 e. The minimum absolute atomic E-state index is 0.0474. The van der Waals surface area contributed by atoms with Gasteiger partial charge in [0, 0.05) is 24.7 Å². The van der Waals surface area contributed by atoms with Crippen LogP contribution in [-0.4, -0.2) is 35.0 Å². The fourth-order valence-corrected chi connectivity index (χ4v) is 3.56. The molecule has 2 heterocycles. The number of anilines is 1. The van der Waals surface area contributed by atoms with Crippen molar-refractivity contribution in [3.05, 3.63) is 71.0 Å². The number of carbonyl (C=O) groups is 2. The zero-order valence-corrected chi connectivity index (χ0v) is 16.6. The fraction of sp³-hybridized carbons (Fsp3) is 0.261. The number of rotatable bonds is 4. The normalized spacial score (nSPS) is 13.5. The van der Waals surface area contributed by atoms with Crippen LogP contribution in [0.2, 0.25) is 0 Å². The third kappa shape index (κ3) is 3.92. The highest BCUT2D eigenvalue weighted by Crippen LogP contribution is 2.25. The molecule has 0 atom stereocenters. The van der Waals surface area contributed by atoms with E-state index in [0.717, 1.165) is 42.6 Å². The molecule has 2 aromatic carbocycles. The van der Waals surface area contributed by atoms with Crippen molar-refractivity contribution in [1.29, 1.82) is 0 Å². The van der Waals surface area contributed by atoms with Crippen LogP contribution in [0.1, 0.15) is 44.9 Å². The molecule has 1 aliphatic rings. The van der Waals surface area contributed by atoms with Crippen LogP contribution in [0.4, 0.5) is 5.69 Å². The third-order valence-electron chi connectivity index (χ3n) is 5.21. The van der Waals surface area contributed by atoms with Gasteiger partial charge in [-0.05, 0) is 38.3 Å². The van der Waals surface area contributed by atoms with Gasteiger partial charge < -0.3 is 14.7 Å². The van der Waals surface area contributed by atoms with Gasteiger partial charge in [0.05, 0.1) is 11.3 Å². The molecule has 1 fully saturated rings. The van der Waals surface area contributed by atoms with Gasteiger partial charge in [-0.25, -0.2) is 0 Å². The zero-order chi connectivity index (χ0) is 20.4. The number of likely N-dealkylation sites (tertiary alicyclic amines) is 1. The number of hydrogen-bond acceptors (Lipinski definition) is 4. The van der Waals surface area contributed by atoms with Crippen molar-refractivity contribution in [2.45, 2.75) is 26.7 Å². The lowest BCUT2D eigenvalue weighted by atomic mass is 10.0. The molecule has 0 bridgehead atoms. The molecule has 6 heteroatoms. The summed E-state index contributed by atoms with van der Waals surface area (Å²) in [5.41, 5.74) is 4.45. The Morgan fingerprint density at radius 1 is 1.03 bits per heavy atom. The molecule has 0 unspecified atom stereocenters. The summed E-state index contributed by atoms with van der Waals surface area (Å²) >= 11 is 0. The largest absolute Gasteiger partial charge is 0.350 e. The molecular weight excluding hydrogens is 366 g/mol. The molecule has 0 spiro atoms. The van der Waals surface area contributed by atoms with Crippen LogP contribution in [0.5, 0.6) is 0 Å². The molecule has 6 nitrogen and oxygen atoms in total. The highest BCUT2D eigenvalue weighted by Gasteiger charge is 2.25. The second kappa shape index (κ2) is 7.91. The second-order valence-electron chi connectivity index (χ2n) is 7.39. The van der Waals surface area contributed by atoms with Gasteiger partial charge >= 0.3 is 0 Å². The van der Waals surface area contributed by atoms with E-state index in [1.807, 2.05) is 55.1 Å². The highest BCUT2D eigenvalue weighted by molar-refractivity contribution is 6.08. The molecule has 1 aliphatic heterocycles. The summed E-state index contributed by atoms with van der Waals surface area (Å²) < 4.78 is 5.26. The van der Waals surface area contributed by atoms with Crippen LogP contribution in [-0.2, 0) is 0 Å². The molecular formula is C23H23N3O3. The molecule has 0 saturated carbocycles. The van der Waals surface area contributed by atoms with Crippen molar-refractivity contribution in [2.75, 3.05) is 18.4 Å². The topological polar surface area (TPSA) is 75.4 Å². The Hall–Kier alpha value is -3.41. The van der Waals surface area contributed by atoms with Crippen molar-refractivity contribution in [3.63, 3.8) is 0 Å². The standard InChI is InChI=1S/C23H23N3O3/c1-15-8-10-17(11-9-15)19-14-20(29-25-19)22(27)24-18-7-5-6-16(2)21(18)23(28)26-12-3-4-13-26/h5-11,14H,3-4,12-13H2,1-2H3,(H,24,27). The lowest BCUT2D eigenvalue weighted by Crippen LogP contribution is -2.29. The van der Waals surface area contributed by atoms with Crippen LogP contribution in [0.3, 0.4) is 0 Å². The van der Waals surface area contributed by atoms with Gasteiger partial charge in [-0.1, -0.05) is 47.1 Å². The Bertz CT molecular complexity index is 1050.